The second-order valence-electron chi connectivity index (χ2n) is 4.56. The number of aliphatic hydroxyl groups excluding tert-OH is 1. The molecule has 1 aromatic carbocycles. The summed E-state index contributed by atoms with van der Waals surface area (Å²) < 4.78 is 4.52. The number of carbonyl (C=O) groups is 1. The molecular weight excluding hydrogens is 228 g/mol. The normalized spacial score (nSPS) is 12.2. The first-order valence-corrected chi connectivity index (χ1v) is 6.48. The molecule has 3 heteroatoms. The van der Waals surface area contributed by atoms with Crippen LogP contribution in [-0.4, -0.2) is 24.3 Å². The fraction of sp³-hybridized carbons (Fsp3) is 0.533. The maximum atomic E-state index is 11.0. The number of rotatable bonds is 7. The maximum Gasteiger partial charge on any atom is 0.308 e. The van der Waals surface area contributed by atoms with Crippen molar-refractivity contribution in [1.82, 2.24) is 0 Å². The van der Waals surface area contributed by atoms with Gasteiger partial charge in [-0.15, -0.1) is 0 Å². The average molecular weight is 250 g/mol. The van der Waals surface area contributed by atoms with Crippen LogP contribution in [0.5, 0.6) is 0 Å². The first-order chi connectivity index (χ1) is 8.65. The van der Waals surface area contributed by atoms with Crippen molar-refractivity contribution in [3.05, 3.63) is 35.4 Å². The molecule has 3 nitrogen and oxygen atoms in total. The standard InChI is InChI=1S/C15H22O3/c1-3-4-5-12-6-8-13(9-7-12)10-14(16)11-15(17)18-2/h6-9,14,16H,3-5,10-11H2,1-2H3/t14-/m1/s1. The van der Waals surface area contributed by atoms with E-state index in [0.29, 0.717) is 6.42 Å². The van der Waals surface area contributed by atoms with Gasteiger partial charge in [-0.2, -0.15) is 0 Å². The van der Waals surface area contributed by atoms with E-state index in [1.54, 1.807) is 0 Å². The van der Waals surface area contributed by atoms with E-state index in [2.05, 4.69) is 23.8 Å². The summed E-state index contributed by atoms with van der Waals surface area (Å²) in [5, 5.41) is 9.71. The molecule has 0 spiro atoms. The third kappa shape index (κ3) is 5.32. The molecule has 0 saturated heterocycles. The molecule has 1 atom stereocenters. The number of unbranched alkanes of at least 4 members (excludes halogenated alkanes) is 1. The van der Waals surface area contributed by atoms with Crippen LogP contribution in [0.3, 0.4) is 0 Å². The number of hydrogen-bond acceptors (Lipinski definition) is 3. The van der Waals surface area contributed by atoms with E-state index in [9.17, 15) is 9.90 Å². The highest BCUT2D eigenvalue weighted by Crippen LogP contribution is 2.11. The van der Waals surface area contributed by atoms with Gasteiger partial charge in [0, 0.05) is 0 Å². The van der Waals surface area contributed by atoms with E-state index in [1.165, 1.54) is 25.5 Å². The van der Waals surface area contributed by atoms with E-state index < -0.39 is 6.10 Å². The summed E-state index contributed by atoms with van der Waals surface area (Å²) in [6.45, 7) is 2.18. The van der Waals surface area contributed by atoms with Gasteiger partial charge in [0.2, 0.25) is 0 Å². The first kappa shape index (κ1) is 14.7. The minimum Gasteiger partial charge on any atom is -0.469 e. The van der Waals surface area contributed by atoms with Gasteiger partial charge in [-0.25, -0.2) is 0 Å². The van der Waals surface area contributed by atoms with E-state index >= 15 is 0 Å². The summed E-state index contributed by atoms with van der Waals surface area (Å²) in [7, 11) is 1.33. The number of ether oxygens (including phenoxy) is 1. The van der Waals surface area contributed by atoms with Gasteiger partial charge in [-0.1, -0.05) is 37.6 Å². The molecule has 1 rings (SSSR count). The van der Waals surface area contributed by atoms with Crippen LogP contribution in [0.25, 0.3) is 0 Å². The van der Waals surface area contributed by atoms with Gasteiger partial charge in [-0.3, -0.25) is 4.79 Å². The predicted octanol–water partition coefficient (Wildman–Crippen LogP) is 2.50. The lowest BCUT2D eigenvalue weighted by molar-refractivity contribution is -0.142. The van der Waals surface area contributed by atoms with Gasteiger partial charge < -0.3 is 9.84 Å². The van der Waals surface area contributed by atoms with Crippen molar-refractivity contribution in [2.75, 3.05) is 7.11 Å². The molecule has 0 aliphatic rings. The molecule has 0 unspecified atom stereocenters. The third-order valence-corrected chi connectivity index (χ3v) is 2.94. The van der Waals surface area contributed by atoms with Gasteiger partial charge >= 0.3 is 5.97 Å². The molecule has 1 N–H and O–H groups in total. The molecule has 0 bridgehead atoms. The van der Waals surface area contributed by atoms with Crippen molar-refractivity contribution in [2.45, 2.75) is 45.1 Å². The van der Waals surface area contributed by atoms with Crippen molar-refractivity contribution < 1.29 is 14.6 Å². The van der Waals surface area contributed by atoms with Crippen LogP contribution >= 0.6 is 0 Å². The molecule has 18 heavy (non-hydrogen) atoms. The second kappa shape index (κ2) is 7.88. The van der Waals surface area contributed by atoms with Crippen molar-refractivity contribution in [2.24, 2.45) is 0 Å². The Morgan fingerprint density at radius 3 is 2.44 bits per heavy atom. The topological polar surface area (TPSA) is 46.5 Å². The number of esters is 1. The molecule has 0 aliphatic heterocycles. The Bertz CT molecular complexity index is 357. The SMILES string of the molecule is CCCCc1ccc(C[C@@H](O)CC(=O)OC)cc1. The fourth-order valence-electron chi connectivity index (χ4n) is 1.84. The Kier molecular flexibility index (Phi) is 6.44. The van der Waals surface area contributed by atoms with E-state index in [-0.39, 0.29) is 12.4 Å². The summed E-state index contributed by atoms with van der Waals surface area (Å²) in [4.78, 5) is 11.0. The summed E-state index contributed by atoms with van der Waals surface area (Å²) in [6, 6.07) is 8.22. The average Bonchev–Trinajstić information content (AvgIpc) is 2.37. The maximum absolute atomic E-state index is 11.0. The largest absolute Gasteiger partial charge is 0.469 e. The number of aryl methyl sites for hydroxylation is 1. The van der Waals surface area contributed by atoms with Gasteiger partial charge in [0.15, 0.2) is 0 Å². The summed E-state index contributed by atoms with van der Waals surface area (Å²) in [5.41, 5.74) is 2.37. The Hall–Kier alpha value is -1.35. The molecule has 100 valence electrons. The number of benzene rings is 1. The van der Waals surface area contributed by atoms with Crippen molar-refractivity contribution >= 4 is 5.97 Å². The Labute approximate surface area is 109 Å². The zero-order chi connectivity index (χ0) is 13.4. The second-order valence-corrected chi connectivity index (χ2v) is 4.56. The molecule has 0 heterocycles. The molecule has 1 aromatic rings. The number of methoxy groups -OCH3 is 1. The lowest BCUT2D eigenvalue weighted by Crippen LogP contribution is -2.17. The highest BCUT2D eigenvalue weighted by molar-refractivity contribution is 5.69. The van der Waals surface area contributed by atoms with E-state index in [4.69, 9.17) is 0 Å². The highest BCUT2D eigenvalue weighted by atomic mass is 16.5. The number of carbonyl (C=O) groups excluding carboxylic acids is 1. The van der Waals surface area contributed by atoms with Crippen LogP contribution in [-0.2, 0) is 22.4 Å². The zero-order valence-electron chi connectivity index (χ0n) is 11.2. The lowest BCUT2D eigenvalue weighted by Gasteiger charge is -2.09. The molecule has 0 fully saturated rings. The highest BCUT2D eigenvalue weighted by Gasteiger charge is 2.11. The minimum absolute atomic E-state index is 0.0497. The van der Waals surface area contributed by atoms with E-state index in [0.717, 1.165) is 12.0 Å². The zero-order valence-corrected chi connectivity index (χ0v) is 11.2. The Morgan fingerprint density at radius 2 is 1.89 bits per heavy atom. The Morgan fingerprint density at radius 1 is 1.28 bits per heavy atom. The summed E-state index contributed by atoms with van der Waals surface area (Å²) in [6.07, 6.45) is 3.36. The van der Waals surface area contributed by atoms with Crippen LogP contribution in [0.1, 0.15) is 37.3 Å². The van der Waals surface area contributed by atoms with Crippen LogP contribution in [0.2, 0.25) is 0 Å². The molecule has 0 amide bonds. The predicted molar refractivity (Wildman–Crippen MR) is 71.4 cm³/mol. The van der Waals surface area contributed by atoms with Gasteiger partial charge in [0.05, 0.1) is 19.6 Å². The van der Waals surface area contributed by atoms with Crippen molar-refractivity contribution in [1.29, 1.82) is 0 Å². The lowest BCUT2D eigenvalue weighted by atomic mass is 10.0. The summed E-state index contributed by atoms with van der Waals surface area (Å²) in [5.74, 6) is -0.373. The smallest absolute Gasteiger partial charge is 0.308 e. The molecule has 0 saturated carbocycles. The van der Waals surface area contributed by atoms with Crippen molar-refractivity contribution in [3.8, 4) is 0 Å². The molecule has 0 aliphatic carbocycles. The van der Waals surface area contributed by atoms with Crippen LogP contribution < -0.4 is 0 Å². The Balaban J connectivity index is 2.45. The number of hydrogen-bond donors (Lipinski definition) is 1. The number of aliphatic hydroxyl groups is 1. The van der Waals surface area contributed by atoms with Gasteiger partial charge in [-0.05, 0) is 30.4 Å². The fourth-order valence-corrected chi connectivity index (χ4v) is 1.84. The third-order valence-electron chi connectivity index (χ3n) is 2.94. The van der Waals surface area contributed by atoms with Crippen LogP contribution in [0.15, 0.2) is 24.3 Å². The van der Waals surface area contributed by atoms with Gasteiger partial charge in [0.25, 0.3) is 0 Å². The minimum atomic E-state index is -0.668. The van der Waals surface area contributed by atoms with E-state index in [1.807, 2.05) is 12.1 Å². The molecular formula is C15H22O3. The van der Waals surface area contributed by atoms with Crippen LogP contribution in [0.4, 0.5) is 0 Å². The quantitative estimate of drug-likeness (QED) is 0.756. The van der Waals surface area contributed by atoms with Crippen molar-refractivity contribution in [3.63, 3.8) is 0 Å². The van der Waals surface area contributed by atoms with Crippen LogP contribution in [0, 0.1) is 0 Å². The first-order valence-electron chi connectivity index (χ1n) is 6.48. The monoisotopic (exact) mass is 250 g/mol. The summed E-state index contributed by atoms with van der Waals surface area (Å²) >= 11 is 0. The van der Waals surface area contributed by atoms with Gasteiger partial charge in [0.1, 0.15) is 0 Å². The molecule has 0 radical (unpaired) electrons. The molecule has 0 aromatic heterocycles.